The fourth-order valence-electron chi connectivity index (χ4n) is 4.75. The molecule has 2 atom stereocenters. The van der Waals surface area contributed by atoms with Crippen molar-refractivity contribution in [1.82, 2.24) is 31.6 Å². The topological polar surface area (TPSA) is 133 Å². The van der Waals surface area contributed by atoms with Crippen LogP contribution in [0.2, 0.25) is 0 Å². The minimum absolute atomic E-state index is 0.00000970. The van der Waals surface area contributed by atoms with E-state index >= 15 is 0 Å². The standard InChI is InChI=1S/C26H21F3N8O2S/c27-26(28,29)22-9-15-2-1-13(7-21(15)40-22)11-30-24(38)19-10-20(32-12-31-19)25(39)33-18-6-4-14-8-16(3-5-17(14)18)23-34-36-37-35-23/h1-3,5,7-10,12,18,23H,4,6,11H2,(H,30,38)(H,33,39)(H,34,37)(H,35,36)/t18-/m0/s1. The molecule has 6 rings (SSSR count). The van der Waals surface area contributed by atoms with Crippen LogP contribution < -0.4 is 21.6 Å². The first-order valence-corrected chi connectivity index (χ1v) is 13.1. The van der Waals surface area contributed by atoms with Gasteiger partial charge in [-0.05, 0) is 52.6 Å². The normalized spacial score (nSPS) is 18.0. The maximum Gasteiger partial charge on any atom is 0.425 e. The van der Waals surface area contributed by atoms with Gasteiger partial charge in [0.1, 0.15) is 22.6 Å². The highest BCUT2D eigenvalue weighted by Gasteiger charge is 2.32. The third kappa shape index (κ3) is 5.22. The number of rotatable bonds is 6. The second kappa shape index (κ2) is 10.3. The molecule has 2 amide bonds. The number of nitrogens with zero attached hydrogens (tertiary/aromatic N) is 4. The van der Waals surface area contributed by atoms with Gasteiger partial charge in [0.05, 0.1) is 6.04 Å². The number of hydrazine groups is 1. The third-order valence-corrected chi connectivity index (χ3v) is 7.88. The second-order valence-electron chi connectivity index (χ2n) is 9.35. The molecule has 0 fully saturated rings. The van der Waals surface area contributed by atoms with Gasteiger partial charge in [-0.1, -0.05) is 35.6 Å². The molecule has 0 saturated carbocycles. The molecule has 14 heteroatoms. The van der Waals surface area contributed by atoms with Crippen molar-refractivity contribution in [2.24, 2.45) is 10.3 Å². The maximum atomic E-state index is 13.0. The predicted molar refractivity (Wildman–Crippen MR) is 139 cm³/mol. The molecule has 3 heterocycles. The Hall–Kier alpha value is -4.43. The summed E-state index contributed by atoms with van der Waals surface area (Å²) >= 11 is 0.653. The molecule has 1 aliphatic carbocycles. The minimum atomic E-state index is -4.40. The van der Waals surface area contributed by atoms with E-state index in [0.717, 1.165) is 41.9 Å². The highest BCUT2D eigenvalue weighted by atomic mass is 32.1. The molecule has 0 saturated heterocycles. The first kappa shape index (κ1) is 25.8. The van der Waals surface area contributed by atoms with Gasteiger partial charge in [0.25, 0.3) is 11.8 Å². The highest BCUT2D eigenvalue weighted by Crippen LogP contribution is 2.38. The van der Waals surface area contributed by atoms with Gasteiger partial charge in [0, 0.05) is 17.3 Å². The average molecular weight is 567 g/mol. The van der Waals surface area contributed by atoms with E-state index in [1.165, 1.54) is 6.07 Å². The van der Waals surface area contributed by atoms with Crippen LogP contribution in [0.4, 0.5) is 13.2 Å². The molecule has 0 spiro atoms. The molecule has 0 radical (unpaired) electrons. The van der Waals surface area contributed by atoms with Crippen molar-refractivity contribution < 1.29 is 22.8 Å². The van der Waals surface area contributed by atoms with E-state index < -0.39 is 22.9 Å². The number of aryl methyl sites for hydroxylation is 1. The fourth-order valence-corrected chi connectivity index (χ4v) is 5.74. The van der Waals surface area contributed by atoms with Gasteiger partial charge < -0.3 is 10.6 Å². The molecule has 1 unspecified atom stereocenters. The molecule has 2 aliphatic rings. The number of amides is 2. The van der Waals surface area contributed by atoms with E-state index in [1.807, 2.05) is 18.2 Å². The number of hydrogen-bond donors (Lipinski definition) is 4. The van der Waals surface area contributed by atoms with E-state index in [1.54, 1.807) is 18.2 Å². The van der Waals surface area contributed by atoms with Crippen molar-refractivity contribution in [2.75, 3.05) is 0 Å². The van der Waals surface area contributed by atoms with Crippen molar-refractivity contribution in [1.29, 1.82) is 0 Å². The molecule has 10 nitrogen and oxygen atoms in total. The second-order valence-corrected chi connectivity index (χ2v) is 10.4. The van der Waals surface area contributed by atoms with Crippen molar-refractivity contribution in [2.45, 2.75) is 37.8 Å². The molecule has 4 aromatic rings. The fraction of sp³-hybridized carbons (Fsp3) is 0.231. The molecular formula is C26H21F3N8O2S. The quantitative estimate of drug-likeness (QED) is 0.271. The van der Waals surface area contributed by atoms with E-state index in [4.69, 9.17) is 0 Å². The zero-order valence-corrected chi connectivity index (χ0v) is 21.4. The molecule has 2 aromatic carbocycles. The molecule has 2 aromatic heterocycles. The highest BCUT2D eigenvalue weighted by molar-refractivity contribution is 7.19. The zero-order valence-electron chi connectivity index (χ0n) is 20.6. The van der Waals surface area contributed by atoms with Gasteiger partial charge in [0.15, 0.2) is 6.17 Å². The van der Waals surface area contributed by atoms with Crippen LogP contribution in [0.3, 0.4) is 0 Å². The Balaban J connectivity index is 1.09. The number of hydrogen-bond acceptors (Lipinski definition) is 9. The lowest BCUT2D eigenvalue weighted by Crippen LogP contribution is -2.29. The van der Waals surface area contributed by atoms with Crippen LogP contribution in [-0.4, -0.2) is 21.8 Å². The van der Waals surface area contributed by atoms with Gasteiger partial charge in [-0.15, -0.1) is 16.5 Å². The van der Waals surface area contributed by atoms with Crippen LogP contribution in [0.5, 0.6) is 0 Å². The largest absolute Gasteiger partial charge is 0.425 e. The summed E-state index contributed by atoms with van der Waals surface area (Å²) in [4.78, 5) is 33.0. The number of carbonyl (C=O) groups is 2. The zero-order chi connectivity index (χ0) is 27.9. The molecule has 4 N–H and O–H groups in total. The van der Waals surface area contributed by atoms with Crippen molar-refractivity contribution in [3.63, 3.8) is 0 Å². The van der Waals surface area contributed by atoms with E-state index in [-0.39, 0.29) is 30.1 Å². The smallest absolute Gasteiger partial charge is 0.347 e. The molecule has 0 bridgehead atoms. The summed E-state index contributed by atoms with van der Waals surface area (Å²) in [5.74, 6) is -0.970. The number of thiophene rings is 1. The number of fused-ring (bicyclic) bond motifs is 2. The number of nitrogens with one attached hydrogen (secondary N) is 4. The number of carbonyl (C=O) groups excluding carboxylic acids is 2. The number of benzene rings is 2. The molecule has 40 heavy (non-hydrogen) atoms. The van der Waals surface area contributed by atoms with Crippen LogP contribution in [0, 0.1) is 0 Å². The van der Waals surface area contributed by atoms with Crippen LogP contribution >= 0.6 is 11.3 Å². The van der Waals surface area contributed by atoms with Gasteiger partial charge in [-0.3, -0.25) is 9.59 Å². The Labute approximate surface area is 229 Å². The lowest BCUT2D eigenvalue weighted by molar-refractivity contribution is -0.134. The lowest BCUT2D eigenvalue weighted by Gasteiger charge is -2.15. The van der Waals surface area contributed by atoms with Crippen molar-refractivity contribution >= 4 is 33.2 Å². The Morgan fingerprint density at radius 1 is 1.02 bits per heavy atom. The third-order valence-electron chi connectivity index (χ3n) is 6.74. The minimum Gasteiger partial charge on any atom is -0.347 e. The Bertz CT molecular complexity index is 1650. The molecule has 204 valence electrons. The number of aromatic nitrogens is 2. The summed E-state index contributed by atoms with van der Waals surface area (Å²) in [7, 11) is 0. The summed E-state index contributed by atoms with van der Waals surface area (Å²) in [6.07, 6.45) is -2.01. The summed E-state index contributed by atoms with van der Waals surface area (Å²) in [6, 6.07) is 13.0. The predicted octanol–water partition coefficient (Wildman–Crippen LogP) is 4.53. The average Bonchev–Trinajstić information content (AvgIpc) is 3.71. The first-order valence-electron chi connectivity index (χ1n) is 12.3. The van der Waals surface area contributed by atoms with Gasteiger partial charge in [0.2, 0.25) is 0 Å². The number of alkyl halides is 3. The van der Waals surface area contributed by atoms with Crippen LogP contribution in [0.15, 0.2) is 65.2 Å². The van der Waals surface area contributed by atoms with Crippen LogP contribution in [0.1, 0.15) is 66.7 Å². The van der Waals surface area contributed by atoms with E-state index in [2.05, 4.69) is 41.9 Å². The summed E-state index contributed by atoms with van der Waals surface area (Å²) in [6.45, 7) is 0.0776. The monoisotopic (exact) mass is 566 g/mol. The first-order chi connectivity index (χ1) is 19.2. The molecule has 1 aliphatic heterocycles. The van der Waals surface area contributed by atoms with Gasteiger partial charge in [-0.25, -0.2) is 15.5 Å². The lowest BCUT2D eigenvalue weighted by atomic mass is 10.0. The summed E-state index contributed by atoms with van der Waals surface area (Å²) < 4.78 is 39.5. The SMILES string of the molecule is O=C(NCc1ccc2cc(C(F)(F)F)sc2c1)c1cc(C(=O)N[C@H]2CCc3cc(C4N=NNN4)ccc32)ncn1. The Kier molecular flexibility index (Phi) is 6.64. The Morgan fingerprint density at radius 3 is 2.62 bits per heavy atom. The number of halogens is 3. The Morgan fingerprint density at radius 2 is 1.85 bits per heavy atom. The van der Waals surface area contributed by atoms with Crippen LogP contribution in [0.25, 0.3) is 10.1 Å². The van der Waals surface area contributed by atoms with E-state index in [9.17, 15) is 22.8 Å². The van der Waals surface area contributed by atoms with Crippen molar-refractivity contribution in [3.8, 4) is 0 Å². The summed E-state index contributed by atoms with van der Waals surface area (Å²) in [5.41, 5.74) is 9.32. The van der Waals surface area contributed by atoms with Crippen molar-refractivity contribution in [3.05, 3.63) is 93.4 Å². The van der Waals surface area contributed by atoms with E-state index in [0.29, 0.717) is 27.0 Å². The van der Waals surface area contributed by atoms with Gasteiger partial charge >= 0.3 is 6.18 Å². The van der Waals surface area contributed by atoms with Crippen LogP contribution in [-0.2, 0) is 19.1 Å². The van der Waals surface area contributed by atoms with Gasteiger partial charge in [-0.2, -0.15) is 18.6 Å². The summed E-state index contributed by atoms with van der Waals surface area (Å²) in [5, 5.41) is 13.9. The maximum absolute atomic E-state index is 13.0. The molecular weight excluding hydrogens is 545 g/mol.